The Morgan fingerprint density at radius 3 is 2.49 bits per heavy atom. The molecule has 1 aromatic heterocycles. The van der Waals surface area contributed by atoms with Gasteiger partial charge in [-0.1, -0.05) is 23.7 Å². The third-order valence-corrected chi connectivity index (χ3v) is 6.40. The first-order chi connectivity index (χ1) is 20.2. The normalized spacial score (nSPS) is 13.6. The molecule has 0 unspecified atom stereocenters. The maximum atomic E-state index is 14.1. The Balaban J connectivity index is 1.37. The van der Waals surface area contributed by atoms with Crippen molar-refractivity contribution in [1.29, 1.82) is 0 Å². The lowest BCUT2D eigenvalue weighted by atomic mass is 10.1. The lowest BCUT2D eigenvalue weighted by Gasteiger charge is -2.12. The Kier molecular flexibility index (Phi) is 7.60. The fourth-order valence-corrected chi connectivity index (χ4v) is 4.31. The molecule has 0 radical (unpaired) electrons. The van der Waals surface area contributed by atoms with E-state index in [0.717, 1.165) is 22.9 Å². The Labute approximate surface area is 242 Å². The second kappa shape index (κ2) is 11.1. The largest absolute Gasteiger partial charge is 0.586 e. The molecular formula is C27H16ClF6N3O6. The monoisotopic (exact) mass is 627 g/mol. The fraction of sp³-hybridized carbons (Fsp3) is 0.148. The summed E-state index contributed by atoms with van der Waals surface area (Å²) in [6.45, 7) is -0.763. The first kappa shape index (κ1) is 29.6. The highest BCUT2D eigenvalue weighted by molar-refractivity contribution is 6.32. The van der Waals surface area contributed by atoms with Crippen LogP contribution in [0.15, 0.2) is 60.7 Å². The predicted octanol–water partition coefficient (Wildman–Crippen LogP) is 6.21. The molecule has 4 aromatic rings. The summed E-state index contributed by atoms with van der Waals surface area (Å²) in [5, 5.41) is 14.3. The highest BCUT2D eigenvalue weighted by Gasteiger charge is 2.43. The van der Waals surface area contributed by atoms with Gasteiger partial charge in [0.05, 0.1) is 16.3 Å². The summed E-state index contributed by atoms with van der Waals surface area (Å²) >= 11 is 6.03. The second-order valence-corrected chi connectivity index (χ2v) is 9.31. The summed E-state index contributed by atoms with van der Waals surface area (Å²) in [5.41, 5.74) is -1.99. The number of carbonyl (C=O) groups excluding carboxylic acids is 1. The number of alkyl halides is 5. The van der Waals surface area contributed by atoms with E-state index in [4.69, 9.17) is 21.4 Å². The molecule has 1 aliphatic rings. The molecule has 0 fully saturated rings. The minimum atomic E-state index is -4.96. The summed E-state index contributed by atoms with van der Waals surface area (Å²) in [6, 6.07) is 12.0. The number of carboxylic acids is 1. The van der Waals surface area contributed by atoms with E-state index in [1.54, 1.807) is 0 Å². The number of ether oxygens (including phenoxy) is 3. The van der Waals surface area contributed by atoms with Crippen molar-refractivity contribution in [1.82, 2.24) is 15.1 Å². The van der Waals surface area contributed by atoms with E-state index < -0.39 is 53.1 Å². The van der Waals surface area contributed by atoms with Crippen LogP contribution in [-0.4, -0.2) is 33.1 Å². The molecule has 0 saturated heterocycles. The van der Waals surface area contributed by atoms with Crippen molar-refractivity contribution in [3.8, 4) is 22.9 Å². The standard InChI is InChI=1S/C27H16ClF6N3O6/c28-22-19(12-41-16-5-6-17(25(39)40)18(29)10-16)37(36-23(22)26(30,31)32)15-3-1-2-14(9-15)24(38)35-11-13-4-7-20-21(8-13)43-27(33,34)42-20/h1-10H,11-12H2,(H,35,38)(H,39,40). The topological polar surface area (TPSA) is 112 Å². The Bertz CT molecular complexity index is 1740. The quantitative estimate of drug-likeness (QED) is 0.223. The average Bonchev–Trinajstić information content (AvgIpc) is 3.44. The van der Waals surface area contributed by atoms with Crippen LogP contribution in [-0.2, 0) is 19.3 Å². The molecule has 3 aromatic carbocycles. The smallest absolute Gasteiger partial charge is 0.487 e. The van der Waals surface area contributed by atoms with Crippen molar-refractivity contribution >= 4 is 23.5 Å². The average molecular weight is 628 g/mol. The van der Waals surface area contributed by atoms with Gasteiger partial charge < -0.3 is 24.6 Å². The molecule has 0 bridgehead atoms. The number of amides is 1. The number of hydrogen-bond acceptors (Lipinski definition) is 6. The summed E-state index contributed by atoms with van der Waals surface area (Å²) in [4.78, 5) is 23.9. The molecule has 2 N–H and O–H groups in total. The third kappa shape index (κ3) is 6.30. The molecule has 43 heavy (non-hydrogen) atoms. The number of rotatable bonds is 8. The summed E-state index contributed by atoms with van der Waals surface area (Å²) < 4.78 is 96.5. The molecule has 1 aliphatic heterocycles. The van der Waals surface area contributed by atoms with Gasteiger partial charge in [-0.2, -0.15) is 18.3 Å². The zero-order valence-electron chi connectivity index (χ0n) is 21.2. The van der Waals surface area contributed by atoms with Gasteiger partial charge in [0.1, 0.15) is 23.9 Å². The minimum absolute atomic E-state index is 0.00292. The van der Waals surface area contributed by atoms with Crippen molar-refractivity contribution in [3.63, 3.8) is 0 Å². The SMILES string of the molecule is O=C(NCc1ccc2c(c1)OC(F)(F)O2)c1cccc(-n2nc(C(F)(F)F)c(Cl)c2COc2ccc(C(=O)O)c(F)c2)c1. The molecule has 0 saturated carbocycles. The molecule has 1 amide bonds. The van der Waals surface area contributed by atoms with E-state index in [2.05, 4.69) is 19.9 Å². The van der Waals surface area contributed by atoms with Gasteiger partial charge in [0.2, 0.25) is 0 Å². The second-order valence-electron chi connectivity index (χ2n) is 8.94. The number of halogens is 7. The maximum Gasteiger partial charge on any atom is 0.586 e. The molecule has 224 valence electrons. The van der Waals surface area contributed by atoms with Crippen LogP contribution in [0.4, 0.5) is 26.3 Å². The molecule has 16 heteroatoms. The Morgan fingerprint density at radius 2 is 1.79 bits per heavy atom. The van der Waals surface area contributed by atoms with Gasteiger partial charge in [-0.15, -0.1) is 8.78 Å². The third-order valence-electron chi connectivity index (χ3n) is 6.00. The number of nitrogens with one attached hydrogen (secondary N) is 1. The van der Waals surface area contributed by atoms with Gasteiger partial charge in [-0.3, -0.25) is 4.79 Å². The molecular weight excluding hydrogens is 612 g/mol. The lowest BCUT2D eigenvalue weighted by Crippen LogP contribution is -2.26. The molecule has 0 aliphatic carbocycles. The van der Waals surface area contributed by atoms with E-state index in [1.165, 1.54) is 42.5 Å². The number of aromatic nitrogens is 2. The van der Waals surface area contributed by atoms with Crippen LogP contribution in [0.2, 0.25) is 5.02 Å². The Morgan fingerprint density at radius 1 is 1.05 bits per heavy atom. The number of benzene rings is 3. The van der Waals surface area contributed by atoms with Gasteiger partial charge in [-0.25, -0.2) is 13.9 Å². The van der Waals surface area contributed by atoms with Crippen LogP contribution in [0.1, 0.15) is 37.7 Å². The molecule has 5 rings (SSSR count). The van der Waals surface area contributed by atoms with Gasteiger partial charge >= 0.3 is 18.4 Å². The van der Waals surface area contributed by atoms with E-state index in [1.807, 2.05) is 0 Å². The number of aromatic carboxylic acids is 1. The zero-order chi connectivity index (χ0) is 31.1. The van der Waals surface area contributed by atoms with Gasteiger partial charge in [0, 0.05) is 18.2 Å². The first-order valence-electron chi connectivity index (χ1n) is 12.0. The zero-order valence-corrected chi connectivity index (χ0v) is 22.0. The number of carbonyl (C=O) groups is 2. The highest BCUT2D eigenvalue weighted by Crippen LogP contribution is 2.41. The summed E-state index contributed by atoms with van der Waals surface area (Å²) in [5.74, 6) is -3.90. The van der Waals surface area contributed by atoms with Crippen molar-refractivity contribution in [3.05, 3.63) is 99.6 Å². The van der Waals surface area contributed by atoms with Crippen LogP contribution in [0, 0.1) is 5.82 Å². The molecule has 9 nitrogen and oxygen atoms in total. The van der Waals surface area contributed by atoms with Crippen molar-refractivity contribution in [2.45, 2.75) is 25.6 Å². The highest BCUT2D eigenvalue weighted by atomic mass is 35.5. The van der Waals surface area contributed by atoms with Gasteiger partial charge in [0.25, 0.3) is 5.91 Å². The fourth-order valence-electron chi connectivity index (χ4n) is 4.03. The summed E-state index contributed by atoms with van der Waals surface area (Å²) in [7, 11) is 0. The first-order valence-corrected chi connectivity index (χ1v) is 12.4. The minimum Gasteiger partial charge on any atom is -0.487 e. The van der Waals surface area contributed by atoms with Gasteiger partial charge in [0.15, 0.2) is 17.2 Å². The predicted molar refractivity (Wildman–Crippen MR) is 135 cm³/mol. The summed E-state index contributed by atoms with van der Waals surface area (Å²) in [6.07, 6.45) is -8.77. The van der Waals surface area contributed by atoms with Crippen molar-refractivity contribution in [2.24, 2.45) is 0 Å². The van der Waals surface area contributed by atoms with Gasteiger partial charge in [-0.05, 0) is 48.0 Å². The Hall–Kier alpha value is -4.92. The number of nitrogens with zero attached hydrogens (tertiary/aromatic N) is 2. The van der Waals surface area contributed by atoms with E-state index >= 15 is 0 Å². The van der Waals surface area contributed by atoms with Crippen molar-refractivity contribution in [2.75, 3.05) is 0 Å². The van der Waals surface area contributed by atoms with E-state index in [9.17, 15) is 35.9 Å². The number of carboxylic acid groups (broad SMARTS) is 1. The van der Waals surface area contributed by atoms with Crippen LogP contribution in [0.3, 0.4) is 0 Å². The van der Waals surface area contributed by atoms with Crippen LogP contribution >= 0.6 is 11.6 Å². The maximum absolute atomic E-state index is 14.1. The van der Waals surface area contributed by atoms with Crippen LogP contribution in [0.5, 0.6) is 17.2 Å². The van der Waals surface area contributed by atoms with Crippen molar-refractivity contribution < 1.29 is 55.2 Å². The van der Waals surface area contributed by atoms with Crippen LogP contribution < -0.4 is 19.5 Å². The van der Waals surface area contributed by atoms with E-state index in [-0.39, 0.29) is 40.7 Å². The molecule has 2 heterocycles. The number of fused-ring (bicyclic) bond motifs is 1. The lowest BCUT2D eigenvalue weighted by molar-refractivity contribution is -0.286. The van der Waals surface area contributed by atoms with Crippen LogP contribution in [0.25, 0.3) is 5.69 Å². The molecule has 0 atom stereocenters. The van der Waals surface area contributed by atoms with E-state index in [0.29, 0.717) is 5.56 Å². The molecule has 0 spiro atoms. The number of hydrogen-bond donors (Lipinski definition) is 2.